The van der Waals surface area contributed by atoms with E-state index in [0.29, 0.717) is 6.54 Å². The van der Waals surface area contributed by atoms with Gasteiger partial charge in [0.25, 0.3) is 0 Å². The zero-order valence-corrected chi connectivity index (χ0v) is 17.2. The lowest BCUT2D eigenvalue weighted by molar-refractivity contribution is -0.131. The number of aromatic amines is 1. The van der Waals surface area contributed by atoms with Crippen molar-refractivity contribution in [1.82, 2.24) is 25.0 Å². The fourth-order valence-corrected chi connectivity index (χ4v) is 4.61. The fourth-order valence-electron chi connectivity index (χ4n) is 4.61. The third-order valence-corrected chi connectivity index (χ3v) is 6.25. The molecule has 4 heterocycles. The second-order valence-electron chi connectivity index (χ2n) is 8.26. The fraction of sp³-hybridized carbons (Fsp3) is 0.435. The van der Waals surface area contributed by atoms with Crippen molar-refractivity contribution in [3.8, 4) is 0 Å². The molecule has 2 aromatic heterocycles. The van der Waals surface area contributed by atoms with Crippen molar-refractivity contribution < 1.29 is 4.79 Å². The molecule has 0 bridgehead atoms. The van der Waals surface area contributed by atoms with Gasteiger partial charge in [0, 0.05) is 19.6 Å². The molecule has 5 rings (SSSR count). The number of benzene rings is 1. The molecule has 1 aromatic carbocycles. The Morgan fingerprint density at radius 1 is 1.07 bits per heavy atom. The number of likely N-dealkylation sites (tertiary alicyclic amines) is 2. The molecule has 2 fully saturated rings. The summed E-state index contributed by atoms with van der Waals surface area (Å²) in [6, 6.07) is 14.7. The smallest absolute Gasteiger partial charge is 0.236 e. The Morgan fingerprint density at radius 3 is 2.73 bits per heavy atom. The van der Waals surface area contributed by atoms with Crippen molar-refractivity contribution in [2.75, 3.05) is 31.5 Å². The monoisotopic (exact) mass is 404 g/mol. The summed E-state index contributed by atoms with van der Waals surface area (Å²) in [5, 5.41) is 11.9. The first-order valence-corrected chi connectivity index (χ1v) is 10.9. The van der Waals surface area contributed by atoms with Crippen LogP contribution >= 0.6 is 0 Å². The van der Waals surface area contributed by atoms with Crippen LogP contribution in [0.15, 0.2) is 42.5 Å². The molecule has 0 aliphatic carbocycles. The molecule has 0 radical (unpaired) electrons. The van der Waals surface area contributed by atoms with E-state index in [0.717, 1.165) is 74.4 Å². The number of fused-ring (bicyclic) bond motifs is 1. The molecule has 1 atom stereocenters. The highest BCUT2D eigenvalue weighted by Gasteiger charge is 2.30. The highest BCUT2D eigenvalue weighted by atomic mass is 16.2. The highest BCUT2D eigenvalue weighted by Crippen LogP contribution is 2.32. The Morgan fingerprint density at radius 2 is 1.90 bits per heavy atom. The predicted molar refractivity (Wildman–Crippen MR) is 117 cm³/mol. The van der Waals surface area contributed by atoms with E-state index in [9.17, 15) is 4.79 Å². The van der Waals surface area contributed by atoms with Crippen LogP contribution in [0.4, 0.5) is 5.82 Å². The van der Waals surface area contributed by atoms with E-state index in [2.05, 4.69) is 44.7 Å². The van der Waals surface area contributed by atoms with E-state index in [4.69, 9.17) is 4.98 Å². The number of hydrogen-bond acceptors (Lipinski definition) is 5. The first-order chi connectivity index (χ1) is 14.8. The number of H-pyrrole nitrogens is 1. The van der Waals surface area contributed by atoms with Crippen molar-refractivity contribution in [3.05, 3.63) is 53.7 Å². The number of aromatic nitrogens is 3. The van der Waals surface area contributed by atoms with Crippen LogP contribution in [0.5, 0.6) is 0 Å². The molecule has 2 aliphatic heterocycles. The van der Waals surface area contributed by atoms with Crippen LogP contribution in [-0.2, 0) is 11.3 Å². The zero-order valence-electron chi connectivity index (χ0n) is 17.2. The molecule has 0 saturated carbocycles. The third-order valence-electron chi connectivity index (χ3n) is 6.25. The molecule has 7 nitrogen and oxygen atoms in total. The summed E-state index contributed by atoms with van der Waals surface area (Å²) in [5.74, 6) is 1.08. The number of amides is 1. The number of pyridine rings is 1. The van der Waals surface area contributed by atoms with Crippen molar-refractivity contribution in [1.29, 1.82) is 0 Å². The number of rotatable bonds is 6. The van der Waals surface area contributed by atoms with Gasteiger partial charge in [-0.2, -0.15) is 5.10 Å². The van der Waals surface area contributed by atoms with Gasteiger partial charge < -0.3 is 10.2 Å². The summed E-state index contributed by atoms with van der Waals surface area (Å²) in [5.41, 5.74) is 3.02. The summed E-state index contributed by atoms with van der Waals surface area (Å²) in [6.45, 7) is 3.99. The van der Waals surface area contributed by atoms with E-state index in [1.807, 2.05) is 23.1 Å². The van der Waals surface area contributed by atoms with E-state index in [-0.39, 0.29) is 11.9 Å². The van der Waals surface area contributed by atoms with Crippen molar-refractivity contribution in [3.63, 3.8) is 0 Å². The summed E-state index contributed by atoms with van der Waals surface area (Å²) in [6.07, 6.45) is 4.41. The van der Waals surface area contributed by atoms with Gasteiger partial charge >= 0.3 is 0 Å². The lowest BCUT2D eigenvalue weighted by Gasteiger charge is -2.26. The molecule has 156 valence electrons. The lowest BCUT2D eigenvalue weighted by Crippen LogP contribution is -2.38. The molecular weight excluding hydrogens is 376 g/mol. The molecule has 2 saturated heterocycles. The maximum atomic E-state index is 12.6. The van der Waals surface area contributed by atoms with E-state index in [1.165, 1.54) is 5.56 Å². The van der Waals surface area contributed by atoms with Gasteiger partial charge in [0.1, 0.15) is 0 Å². The summed E-state index contributed by atoms with van der Waals surface area (Å²) in [7, 11) is 0. The minimum atomic E-state index is 0.199. The molecule has 3 aromatic rings. The minimum absolute atomic E-state index is 0.199. The van der Waals surface area contributed by atoms with Crippen LogP contribution < -0.4 is 5.32 Å². The average Bonchev–Trinajstić information content (AvgIpc) is 3.53. The summed E-state index contributed by atoms with van der Waals surface area (Å²) in [4.78, 5) is 21.8. The standard InChI is InChI=1S/C23H28N6O/c30-21(28-12-4-5-13-28)16-29-14-6-9-20(29)19-11-10-18-22(26-27-23(18)25-19)24-15-17-7-2-1-3-8-17/h1-3,7-8,10-11,20H,4-6,9,12-16H2,(H2,24,25,26,27)/t20-/m1/s1. The molecule has 30 heavy (non-hydrogen) atoms. The van der Waals surface area contributed by atoms with Crippen LogP contribution in [0, 0.1) is 0 Å². The van der Waals surface area contributed by atoms with Gasteiger partial charge in [-0.1, -0.05) is 30.3 Å². The molecule has 1 amide bonds. The number of anilines is 1. The number of carbonyl (C=O) groups excluding carboxylic acids is 1. The largest absolute Gasteiger partial charge is 0.364 e. The number of nitrogens with one attached hydrogen (secondary N) is 2. The Bertz CT molecular complexity index is 1010. The Balaban J connectivity index is 1.29. The Labute approximate surface area is 176 Å². The maximum absolute atomic E-state index is 12.6. The maximum Gasteiger partial charge on any atom is 0.236 e. The van der Waals surface area contributed by atoms with Crippen LogP contribution in [-0.4, -0.2) is 57.1 Å². The number of carbonyl (C=O) groups is 1. The first kappa shape index (κ1) is 19.1. The van der Waals surface area contributed by atoms with Crippen LogP contribution in [0.25, 0.3) is 11.0 Å². The van der Waals surface area contributed by atoms with Crippen LogP contribution in [0.2, 0.25) is 0 Å². The molecular formula is C23H28N6O. The second kappa shape index (κ2) is 8.44. The zero-order chi connectivity index (χ0) is 20.3. The van der Waals surface area contributed by atoms with Gasteiger partial charge in [0.2, 0.25) is 5.91 Å². The van der Waals surface area contributed by atoms with Gasteiger partial charge in [-0.15, -0.1) is 0 Å². The van der Waals surface area contributed by atoms with Crippen molar-refractivity contribution in [2.45, 2.75) is 38.3 Å². The van der Waals surface area contributed by atoms with Crippen LogP contribution in [0.1, 0.15) is 43.0 Å². The van der Waals surface area contributed by atoms with Gasteiger partial charge in [-0.05, 0) is 49.9 Å². The van der Waals surface area contributed by atoms with Crippen LogP contribution in [0.3, 0.4) is 0 Å². The first-order valence-electron chi connectivity index (χ1n) is 10.9. The van der Waals surface area contributed by atoms with Crippen molar-refractivity contribution >= 4 is 22.8 Å². The third kappa shape index (κ3) is 3.89. The van der Waals surface area contributed by atoms with Gasteiger partial charge in [-0.25, -0.2) is 4.98 Å². The molecule has 7 heteroatoms. The average molecular weight is 405 g/mol. The molecule has 0 spiro atoms. The normalized spacial score (nSPS) is 19.6. The number of hydrogen-bond donors (Lipinski definition) is 2. The highest BCUT2D eigenvalue weighted by molar-refractivity contribution is 5.87. The minimum Gasteiger partial charge on any atom is -0.364 e. The van der Waals surface area contributed by atoms with Gasteiger partial charge in [0.15, 0.2) is 11.5 Å². The topological polar surface area (TPSA) is 77.1 Å². The van der Waals surface area contributed by atoms with E-state index >= 15 is 0 Å². The SMILES string of the molecule is O=C(CN1CCC[C@@H]1c1ccc2c(NCc3ccccc3)n[nH]c2n1)N1CCCC1. The number of nitrogens with zero attached hydrogens (tertiary/aromatic N) is 4. The predicted octanol–water partition coefficient (Wildman–Crippen LogP) is 3.33. The van der Waals surface area contributed by atoms with Gasteiger partial charge in [-0.3, -0.25) is 14.8 Å². The summed E-state index contributed by atoms with van der Waals surface area (Å²) < 4.78 is 0. The molecule has 0 unspecified atom stereocenters. The lowest BCUT2D eigenvalue weighted by atomic mass is 10.1. The quantitative estimate of drug-likeness (QED) is 0.659. The van der Waals surface area contributed by atoms with Gasteiger partial charge in [0.05, 0.1) is 23.7 Å². The van der Waals surface area contributed by atoms with E-state index in [1.54, 1.807) is 0 Å². The second-order valence-corrected chi connectivity index (χ2v) is 8.26. The molecule has 2 N–H and O–H groups in total. The van der Waals surface area contributed by atoms with Crippen molar-refractivity contribution in [2.24, 2.45) is 0 Å². The Hall–Kier alpha value is -2.93. The van der Waals surface area contributed by atoms with E-state index < -0.39 is 0 Å². The summed E-state index contributed by atoms with van der Waals surface area (Å²) >= 11 is 0. The Kier molecular flexibility index (Phi) is 5.36. The molecule has 2 aliphatic rings.